The first-order chi connectivity index (χ1) is 7.25. The topological polar surface area (TPSA) is 24.9 Å². The molecular weight excluding hydrogens is 184 g/mol. The molecule has 1 aromatic rings. The molecule has 0 radical (unpaired) electrons. The molecule has 2 unspecified atom stereocenters. The van der Waals surface area contributed by atoms with E-state index in [9.17, 15) is 0 Å². The summed E-state index contributed by atoms with van der Waals surface area (Å²) < 4.78 is 0. The molecule has 15 heavy (non-hydrogen) atoms. The van der Waals surface area contributed by atoms with Crippen molar-refractivity contribution < 1.29 is 0 Å². The Balaban J connectivity index is 1.82. The van der Waals surface area contributed by atoms with E-state index < -0.39 is 0 Å². The molecule has 0 aliphatic heterocycles. The fourth-order valence-electron chi connectivity index (χ4n) is 2.07. The smallest absolute Gasteiger partial charge is 0.0570 e. The molecule has 0 saturated heterocycles. The average Bonchev–Trinajstić information content (AvgIpc) is 3.03. The van der Waals surface area contributed by atoms with E-state index in [-0.39, 0.29) is 0 Å². The summed E-state index contributed by atoms with van der Waals surface area (Å²) in [6, 6.07) is 7.06. The van der Waals surface area contributed by atoms with Gasteiger partial charge in [0.15, 0.2) is 0 Å². The van der Waals surface area contributed by atoms with Crippen molar-refractivity contribution in [1.82, 2.24) is 10.3 Å². The average molecular weight is 204 g/mol. The highest BCUT2D eigenvalue weighted by Gasteiger charge is 2.24. The lowest BCUT2D eigenvalue weighted by Gasteiger charge is -2.19. The van der Waals surface area contributed by atoms with Crippen LogP contribution < -0.4 is 5.32 Å². The number of hydrogen-bond acceptors (Lipinski definition) is 2. The zero-order valence-corrected chi connectivity index (χ0v) is 9.61. The fourth-order valence-corrected chi connectivity index (χ4v) is 2.07. The molecule has 1 aliphatic carbocycles. The Morgan fingerprint density at radius 3 is 2.80 bits per heavy atom. The number of rotatable bonds is 5. The molecule has 2 atom stereocenters. The van der Waals surface area contributed by atoms with Gasteiger partial charge in [-0.3, -0.25) is 4.98 Å². The predicted octanol–water partition coefficient (Wildman–Crippen LogP) is 2.92. The molecule has 1 aromatic heterocycles. The number of nitrogens with one attached hydrogen (secondary N) is 1. The van der Waals surface area contributed by atoms with Crippen molar-refractivity contribution in [3.63, 3.8) is 0 Å². The summed E-state index contributed by atoms with van der Waals surface area (Å²) in [5.74, 6) is 0.989. The van der Waals surface area contributed by atoms with Gasteiger partial charge in [0, 0.05) is 18.3 Å². The summed E-state index contributed by atoms with van der Waals surface area (Å²) in [4.78, 5) is 4.36. The molecule has 0 spiro atoms. The second-order valence-corrected chi connectivity index (χ2v) is 4.72. The molecule has 0 amide bonds. The largest absolute Gasteiger partial charge is 0.306 e. The van der Waals surface area contributed by atoms with Crippen LogP contribution in [-0.2, 0) is 0 Å². The van der Waals surface area contributed by atoms with Crippen LogP contribution in [0.25, 0.3) is 0 Å². The maximum atomic E-state index is 4.36. The lowest BCUT2D eigenvalue weighted by atomic mass is 10.1. The molecule has 2 nitrogen and oxygen atoms in total. The number of aromatic nitrogens is 1. The Hall–Kier alpha value is -0.890. The van der Waals surface area contributed by atoms with Gasteiger partial charge in [-0.25, -0.2) is 0 Å². The van der Waals surface area contributed by atoms with Crippen molar-refractivity contribution in [3.8, 4) is 0 Å². The molecule has 1 heterocycles. The maximum absolute atomic E-state index is 4.36. The van der Waals surface area contributed by atoms with Gasteiger partial charge in [0.1, 0.15) is 0 Å². The van der Waals surface area contributed by atoms with Gasteiger partial charge in [-0.1, -0.05) is 18.9 Å². The fraction of sp³-hybridized carbons (Fsp3) is 0.615. The minimum Gasteiger partial charge on any atom is -0.306 e. The summed E-state index contributed by atoms with van der Waals surface area (Å²) in [7, 11) is 0. The number of nitrogens with zero attached hydrogens (tertiary/aromatic N) is 1. The molecule has 82 valence electrons. The van der Waals surface area contributed by atoms with Gasteiger partial charge < -0.3 is 5.32 Å². The van der Waals surface area contributed by atoms with Gasteiger partial charge >= 0.3 is 0 Å². The van der Waals surface area contributed by atoms with E-state index in [1.165, 1.54) is 19.3 Å². The standard InChI is InChI=1S/C13H20N2/c1-10(9-12-6-7-12)15-11(2)13-5-3-4-8-14-13/h3-5,8,10-12,15H,6-7,9H2,1-2H3. The van der Waals surface area contributed by atoms with E-state index in [2.05, 4.69) is 30.2 Å². The molecule has 0 bridgehead atoms. The summed E-state index contributed by atoms with van der Waals surface area (Å²) in [5.41, 5.74) is 1.14. The zero-order valence-electron chi connectivity index (χ0n) is 9.61. The Morgan fingerprint density at radius 1 is 1.40 bits per heavy atom. The molecule has 2 rings (SSSR count). The maximum Gasteiger partial charge on any atom is 0.0570 e. The summed E-state index contributed by atoms with van der Waals surface area (Å²) in [5, 5.41) is 3.60. The minimum atomic E-state index is 0.361. The molecule has 1 N–H and O–H groups in total. The Morgan fingerprint density at radius 2 is 2.20 bits per heavy atom. The van der Waals surface area contributed by atoms with Crippen LogP contribution in [0, 0.1) is 5.92 Å². The van der Waals surface area contributed by atoms with E-state index >= 15 is 0 Å². The first-order valence-electron chi connectivity index (χ1n) is 5.92. The van der Waals surface area contributed by atoms with Crippen LogP contribution in [0.1, 0.15) is 44.8 Å². The summed E-state index contributed by atoms with van der Waals surface area (Å²) in [6.07, 6.45) is 6.05. The highest BCUT2D eigenvalue weighted by Crippen LogP contribution is 2.33. The van der Waals surface area contributed by atoms with Crippen LogP contribution in [0.3, 0.4) is 0 Å². The van der Waals surface area contributed by atoms with E-state index in [1.807, 2.05) is 18.3 Å². The van der Waals surface area contributed by atoms with Crippen LogP contribution in [0.4, 0.5) is 0 Å². The molecular formula is C13H20N2. The SMILES string of the molecule is CC(CC1CC1)NC(C)c1ccccn1. The monoisotopic (exact) mass is 204 g/mol. The molecule has 1 saturated carbocycles. The van der Waals surface area contributed by atoms with Crippen molar-refractivity contribution in [3.05, 3.63) is 30.1 Å². The first kappa shape index (κ1) is 10.6. The van der Waals surface area contributed by atoms with Crippen LogP contribution in [0.15, 0.2) is 24.4 Å². The van der Waals surface area contributed by atoms with Crippen molar-refractivity contribution in [1.29, 1.82) is 0 Å². The Labute approximate surface area is 92.1 Å². The molecule has 1 fully saturated rings. The van der Waals surface area contributed by atoms with Crippen molar-refractivity contribution in [2.24, 2.45) is 5.92 Å². The van der Waals surface area contributed by atoms with Gasteiger partial charge in [-0.15, -0.1) is 0 Å². The van der Waals surface area contributed by atoms with Crippen LogP contribution in [0.2, 0.25) is 0 Å². The van der Waals surface area contributed by atoms with Gasteiger partial charge in [0.2, 0.25) is 0 Å². The normalized spacial score (nSPS) is 19.9. The minimum absolute atomic E-state index is 0.361. The summed E-state index contributed by atoms with van der Waals surface area (Å²) in [6.45, 7) is 4.46. The Bertz CT molecular complexity index is 293. The quantitative estimate of drug-likeness (QED) is 0.797. The highest BCUT2D eigenvalue weighted by atomic mass is 15.0. The predicted molar refractivity (Wildman–Crippen MR) is 62.6 cm³/mol. The molecule has 1 aliphatic rings. The lowest BCUT2D eigenvalue weighted by molar-refractivity contribution is 0.433. The van der Waals surface area contributed by atoms with Crippen LogP contribution >= 0.6 is 0 Å². The van der Waals surface area contributed by atoms with E-state index in [0.29, 0.717) is 12.1 Å². The zero-order chi connectivity index (χ0) is 10.7. The van der Waals surface area contributed by atoms with Gasteiger partial charge in [0.05, 0.1) is 5.69 Å². The second-order valence-electron chi connectivity index (χ2n) is 4.72. The van der Waals surface area contributed by atoms with Crippen molar-refractivity contribution in [2.45, 2.75) is 45.2 Å². The molecule has 0 aromatic carbocycles. The molecule has 2 heteroatoms. The van der Waals surface area contributed by atoms with Crippen molar-refractivity contribution in [2.75, 3.05) is 0 Å². The second kappa shape index (κ2) is 4.75. The third-order valence-corrected chi connectivity index (χ3v) is 3.05. The van der Waals surface area contributed by atoms with Crippen molar-refractivity contribution >= 4 is 0 Å². The third kappa shape index (κ3) is 3.31. The first-order valence-corrected chi connectivity index (χ1v) is 5.92. The lowest BCUT2D eigenvalue weighted by Crippen LogP contribution is -2.29. The van der Waals surface area contributed by atoms with Crippen LogP contribution in [-0.4, -0.2) is 11.0 Å². The van der Waals surface area contributed by atoms with Crippen LogP contribution in [0.5, 0.6) is 0 Å². The van der Waals surface area contributed by atoms with E-state index in [0.717, 1.165) is 11.6 Å². The number of pyridine rings is 1. The van der Waals surface area contributed by atoms with Gasteiger partial charge in [0.25, 0.3) is 0 Å². The third-order valence-electron chi connectivity index (χ3n) is 3.05. The van der Waals surface area contributed by atoms with E-state index in [4.69, 9.17) is 0 Å². The van der Waals surface area contributed by atoms with Gasteiger partial charge in [-0.2, -0.15) is 0 Å². The summed E-state index contributed by atoms with van der Waals surface area (Å²) >= 11 is 0. The Kier molecular flexibility index (Phi) is 3.37. The number of hydrogen-bond donors (Lipinski definition) is 1. The van der Waals surface area contributed by atoms with Gasteiger partial charge in [-0.05, 0) is 38.3 Å². The van der Waals surface area contributed by atoms with E-state index in [1.54, 1.807) is 0 Å². The highest BCUT2D eigenvalue weighted by molar-refractivity contribution is 5.07.